The Morgan fingerprint density at radius 3 is 1.85 bits per heavy atom. The Morgan fingerprint density at radius 2 is 1.45 bits per heavy atom. The standard InChI is InChI=1S/C14H16F6/c1-3-5-9(4-2)10-6-7-11(13(15,16)17)12(8-10)14(18,19)20/h6-9H,3-5H2,1-2H3. The van der Waals surface area contributed by atoms with Crippen molar-refractivity contribution in [3.8, 4) is 0 Å². The molecule has 0 saturated heterocycles. The molecule has 0 fully saturated rings. The highest BCUT2D eigenvalue weighted by molar-refractivity contribution is 5.37. The first-order chi connectivity index (χ1) is 9.11. The van der Waals surface area contributed by atoms with Crippen LogP contribution in [-0.2, 0) is 12.4 Å². The van der Waals surface area contributed by atoms with Crippen molar-refractivity contribution >= 4 is 0 Å². The first-order valence-electron chi connectivity index (χ1n) is 6.39. The van der Waals surface area contributed by atoms with Crippen molar-refractivity contribution < 1.29 is 26.3 Å². The van der Waals surface area contributed by atoms with Crippen molar-refractivity contribution in [2.75, 3.05) is 0 Å². The highest BCUT2D eigenvalue weighted by Crippen LogP contribution is 2.42. The molecule has 0 heterocycles. The van der Waals surface area contributed by atoms with Crippen molar-refractivity contribution in [2.45, 2.75) is 51.4 Å². The summed E-state index contributed by atoms with van der Waals surface area (Å²) in [5.41, 5.74) is -2.91. The lowest BCUT2D eigenvalue weighted by molar-refractivity contribution is -0.162. The Hall–Kier alpha value is -1.20. The molecule has 0 spiro atoms. The molecule has 1 atom stereocenters. The Balaban J connectivity index is 3.35. The maximum absolute atomic E-state index is 12.8. The van der Waals surface area contributed by atoms with Gasteiger partial charge in [0.05, 0.1) is 11.1 Å². The monoisotopic (exact) mass is 298 g/mol. The van der Waals surface area contributed by atoms with Crippen molar-refractivity contribution in [1.29, 1.82) is 0 Å². The predicted molar refractivity (Wildman–Crippen MR) is 64.4 cm³/mol. The summed E-state index contributed by atoms with van der Waals surface area (Å²) in [6.45, 7) is 3.70. The molecule has 0 aromatic heterocycles. The average Bonchev–Trinajstić information content (AvgIpc) is 2.33. The Bertz CT molecular complexity index is 444. The predicted octanol–water partition coefficient (Wildman–Crippen LogP) is 6.02. The Morgan fingerprint density at radius 1 is 0.900 bits per heavy atom. The highest BCUT2D eigenvalue weighted by atomic mass is 19.4. The molecule has 1 unspecified atom stereocenters. The van der Waals surface area contributed by atoms with E-state index >= 15 is 0 Å². The van der Waals surface area contributed by atoms with E-state index in [9.17, 15) is 26.3 Å². The van der Waals surface area contributed by atoms with E-state index < -0.39 is 23.5 Å². The molecule has 0 aliphatic carbocycles. The Labute approximate surface area is 113 Å². The van der Waals surface area contributed by atoms with Crippen LogP contribution in [0.25, 0.3) is 0 Å². The average molecular weight is 298 g/mol. The van der Waals surface area contributed by atoms with Gasteiger partial charge in [-0.15, -0.1) is 0 Å². The summed E-state index contributed by atoms with van der Waals surface area (Å²) >= 11 is 0. The van der Waals surface area contributed by atoms with E-state index in [1.165, 1.54) is 0 Å². The van der Waals surface area contributed by atoms with Crippen molar-refractivity contribution in [1.82, 2.24) is 0 Å². The highest BCUT2D eigenvalue weighted by Gasteiger charge is 2.43. The lowest BCUT2D eigenvalue weighted by Crippen LogP contribution is -2.17. The largest absolute Gasteiger partial charge is 0.417 e. The van der Waals surface area contributed by atoms with Crippen LogP contribution in [0.2, 0.25) is 0 Å². The number of benzene rings is 1. The molecule has 1 aromatic carbocycles. The number of alkyl halides is 6. The van der Waals surface area contributed by atoms with Crippen LogP contribution in [0.5, 0.6) is 0 Å². The smallest absolute Gasteiger partial charge is 0.166 e. The van der Waals surface area contributed by atoms with Gasteiger partial charge in [0.1, 0.15) is 0 Å². The molecule has 0 bridgehead atoms. The molecule has 0 amide bonds. The molecular weight excluding hydrogens is 282 g/mol. The number of halogens is 6. The van der Waals surface area contributed by atoms with Gasteiger partial charge in [0, 0.05) is 0 Å². The number of hydrogen-bond donors (Lipinski definition) is 0. The minimum atomic E-state index is -5.01. The first kappa shape index (κ1) is 16.9. The lowest BCUT2D eigenvalue weighted by atomic mass is 9.89. The molecule has 0 aliphatic heterocycles. The van der Waals surface area contributed by atoms with Gasteiger partial charge >= 0.3 is 12.4 Å². The quantitative estimate of drug-likeness (QED) is 0.596. The van der Waals surface area contributed by atoms with Gasteiger partial charge in [0.15, 0.2) is 0 Å². The van der Waals surface area contributed by atoms with Crippen LogP contribution in [0.1, 0.15) is 55.7 Å². The van der Waals surface area contributed by atoms with Crippen molar-refractivity contribution in [3.05, 3.63) is 34.9 Å². The van der Waals surface area contributed by atoms with E-state index in [1.54, 1.807) is 0 Å². The maximum Gasteiger partial charge on any atom is 0.417 e. The molecule has 0 saturated carbocycles. The SMILES string of the molecule is CCCC(CC)c1ccc(C(F)(F)F)c(C(F)(F)F)c1. The van der Waals surface area contributed by atoms with Crippen LogP contribution in [-0.4, -0.2) is 0 Å². The summed E-state index contributed by atoms with van der Waals surface area (Å²) in [6, 6.07) is 2.34. The van der Waals surface area contributed by atoms with Gasteiger partial charge < -0.3 is 0 Å². The molecule has 1 rings (SSSR count). The zero-order valence-corrected chi connectivity index (χ0v) is 11.2. The van der Waals surface area contributed by atoms with Crippen LogP contribution in [0.4, 0.5) is 26.3 Å². The lowest BCUT2D eigenvalue weighted by Gasteiger charge is -2.20. The fourth-order valence-corrected chi connectivity index (χ4v) is 2.25. The van der Waals surface area contributed by atoms with Crippen molar-refractivity contribution in [3.63, 3.8) is 0 Å². The summed E-state index contributed by atoms with van der Waals surface area (Å²) in [4.78, 5) is 0. The van der Waals surface area contributed by atoms with Gasteiger partial charge in [-0.2, -0.15) is 26.3 Å². The third-order valence-corrected chi connectivity index (χ3v) is 3.26. The van der Waals surface area contributed by atoms with Gasteiger partial charge in [0.2, 0.25) is 0 Å². The van der Waals surface area contributed by atoms with Gasteiger partial charge in [-0.05, 0) is 36.5 Å². The van der Waals surface area contributed by atoms with Gasteiger partial charge in [0.25, 0.3) is 0 Å². The van der Waals surface area contributed by atoms with Crippen LogP contribution in [0.15, 0.2) is 18.2 Å². The second-order valence-electron chi connectivity index (χ2n) is 4.69. The van der Waals surface area contributed by atoms with Crippen LogP contribution in [0, 0.1) is 0 Å². The van der Waals surface area contributed by atoms with E-state index in [1.807, 2.05) is 13.8 Å². The maximum atomic E-state index is 12.8. The second kappa shape index (κ2) is 6.06. The third kappa shape index (κ3) is 3.90. The van der Waals surface area contributed by atoms with E-state index in [0.717, 1.165) is 12.5 Å². The molecule has 114 valence electrons. The zero-order chi connectivity index (χ0) is 15.6. The normalized spacial score (nSPS) is 14.4. The fourth-order valence-electron chi connectivity index (χ4n) is 2.25. The number of hydrogen-bond acceptors (Lipinski definition) is 0. The van der Waals surface area contributed by atoms with Crippen LogP contribution >= 0.6 is 0 Å². The molecule has 1 aromatic rings. The third-order valence-electron chi connectivity index (χ3n) is 3.26. The van der Waals surface area contributed by atoms with E-state index in [2.05, 4.69) is 0 Å². The summed E-state index contributed by atoms with van der Waals surface area (Å²) in [6.07, 6.45) is -8.00. The summed E-state index contributed by atoms with van der Waals surface area (Å²) < 4.78 is 76.4. The first-order valence-corrected chi connectivity index (χ1v) is 6.39. The summed E-state index contributed by atoms with van der Waals surface area (Å²) in [5.74, 6) is -0.150. The second-order valence-corrected chi connectivity index (χ2v) is 4.69. The molecule has 20 heavy (non-hydrogen) atoms. The van der Waals surface area contributed by atoms with Crippen LogP contribution in [0.3, 0.4) is 0 Å². The van der Waals surface area contributed by atoms with Crippen LogP contribution < -0.4 is 0 Å². The summed E-state index contributed by atoms with van der Waals surface area (Å²) in [7, 11) is 0. The van der Waals surface area contributed by atoms with Gasteiger partial charge in [-0.25, -0.2) is 0 Å². The van der Waals surface area contributed by atoms with Crippen molar-refractivity contribution in [2.24, 2.45) is 0 Å². The minimum Gasteiger partial charge on any atom is -0.166 e. The van der Waals surface area contributed by atoms with E-state index in [4.69, 9.17) is 0 Å². The van der Waals surface area contributed by atoms with Gasteiger partial charge in [-0.3, -0.25) is 0 Å². The molecule has 0 nitrogen and oxygen atoms in total. The topological polar surface area (TPSA) is 0 Å². The zero-order valence-electron chi connectivity index (χ0n) is 11.2. The number of rotatable bonds is 4. The molecule has 0 aliphatic rings. The molecule has 0 radical (unpaired) electrons. The minimum absolute atomic E-state index is 0.150. The van der Waals surface area contributed by atoms with E-state index in [0.29, 0.717) is 30.5 Å². The molecule has 6 heteroatoms. The van der Waals surface area contributed by atoms with Gasteiger partial charge in [-0.1, -0.05) is 26.3 Å². The molecule has 0 N–H and O–H groups in total. The fraction of sp³-hybridized carbons (Fsp3) is 0.571. The summed E-state index contributed by atoms with van der Waals surface area (Å²) in [5, 5.41) is 0. The Kier molecular flexibility index (Phi) is 5.10. The van der Waals surface area contributed by atoms with E-state index in [-0.39, 0.29) is 5.92 Å². The molecular formula is C14H16F6.